The minimum atomic E-state index is 0.349. The maximum Gasteiger partial charge on any atom is 0.226 e. The van der Waals surface area contributed by atoms with E-state index < -0.39 is 0 Å². The molecule has 0 radical (unpaired) electrons. The number of anilines is 1. The van der Waals surface area contributed by atoms with E-state index in [1.807, 2.05) is 19.9 Å². The predicted molar refractivity (Wildman–Crippen MR) is 72.5 cm³/mol. The average Bonchev–Trinajstić information content (AvgIpc) is 2.66. The second-order valence-electron chi connectivity index (χ2n) is 4.95. The lowest BCUT2D eigenvalue weighted by Gasteiger charge is -2.22. The minimum absolute atomic E-state index is 0.349. The van der Waals surface area contributed by atoms with E-state index >= 15 is 0 Å². The van der Waals surface area contributed by atoms with Gasteiger partial charge in [-0.2, -0.15) is 0 Å². The predicted octanol–water partition coefficient (Wildman–Crippen LogP) is 3.17. The molecule has 0 saturated heterocycles. The van der Waals surface area contributed by atoms with Crippen molar-refractivity contribution >= 4 is 5.95 Å². The van der Waals surface area contributed by atoms with Crippen molar-refractivity contribution in [2.24, 2.45) is 0 Å². The van der Waals surface area contributed by atoms with Crippen molar-refractivity contribution < 1.29 is 0 Å². The molecule has 0 saturated carbocycles. The van der Waals surface area contributed by atoms with Gasteiger partial charge < -0.3 is 4.90 Å². The van der Waals surface area contributed by atoms with E-state index in [2.05, 4.69) is 46.1 Å². The first-order chi connectivity index (χ1) is 8.65. The standard InChI is InChI=1S/C15H17N3/c1-10-8-11(2)17-15(16-10)18-9-13-6-4-5-7-14(13)12(18)3/h4-8,12H,9H2,1-3H3/t12-/m1/s1. The number of aromatic nitrogens is 2. The molecule has 3 nitrogen and oxygen atoms in total. The molecule has 0 amide bonds. The topological polar surface area (TPSA) is 29.0 Å². The molecule has 2 heterocycles. The normalized spacial score (nSPS) is 17.9. The van der Waals surface area contributed by atoms with Crippen molar-refractivity contribution in [3.63, 3.8) is 0 Å². The highest BCUT2D eigenvalue weighted by molar-refractivity contribution is 5.47. The Hall–Kier alpha value is -1.90. The molecule has 0 bridgehead atoms. The number of hydrogen-bond donors (Lipinski definition) is 0. The molecular formula is C15H17N3. The molecule has 3 heteroatoms. The number of benzene rings is 1. The number of aryl methyl sites for hydroxylation is 2. The van der Waals surface area contributed by atoms with Gasteiger partial charge in [-0.25, -0.2) is 9.97 Å². The van der Waals surface area contributed by atoms with Gasteiger partial charge in [0.1, 0.15) is 0 Å². The maximum absolute atomic E-state index is 4.56. The summed E-state index contributed by atoms with van der Waals surface area (Å²) >= 11 is 0. The molecule has 1 aliphatic rings. The van der Waals surface area contributed by atoms with E-state index in [4.69, 9.17) is 0 Å². The summed E-state index contributed by atoms with van der Waals surface area (Å²) in [5.41, 5.74) is 4.83. The van der Waals surface area contributed by atoms with Crippen molar-refractivity contribution in [1.29, 1.82) is 0 Å². The Labute approximate surface area is 108 Å². The number of hydrogen-bond acceptors (Lipinski definition) is 3. The largest absolute Gasteiger partial charge is 0.330 e. The Bertz CT molecular complexity index is 572. The number of rotatable bonds is 1. The van der Waals surface area contributed by atoms with Crippen LogP contribution in [0.5, 0.6) is 0 Å². The summed E-state index contributed by atoms with van der Waals surface area (Å²) in [7, 11) is 0. The first-order valence-corrected chi connectivity index (χ1v) is 6.32. The van der Waals surface area contributed by atoms with E-state index in [0.717, 1.165) is 23.9 Å². The molecule has 1 aromatic carbocycles. The molecule has 18 heavy (non-hydrogen) atoms. The molecule has 0 fully saturated rings. The van der Waals surface area contributed by atoms with Crippen molar-refractivity contribution in [3.8, 4) is 0 Å². The fourth-order valence-corrected chi connectivity index (χ4v) is 2.65. The molecule has 92 valence electrons. The van der Waals surface area contributed by atoms with E-state index in [-0.39, 0.29) is 0 Å². The molecule has 1 atom stereocenters. The van der Waals surface area contributed by atoms with Gasteiger partial charge in [-0.15, -0.1) is 0 Å². The first kappa shape index (κ1) is 11.2. The van der Waals surface area contributed by atoms with Crippen molar-refractivity contribution in [2.45, 2.75) is 33.4 Å². The second kappa shape index (κ2) is 4.09. The van der Waals surface area contributed by atoms with Crippen molar-refractivity contribution in [1.82, 2.24) is 9.97 Å². The lowest BCUT2D eigenvalue weighted by molar-refractivity contribution is 0.701. The molecule has 1 aliphatic heterocycles. The molecule has 2 aromatic rings. The zero-order valence-electron chi connectivity index (χ0n) is 11.0. The smallest absolute Gasteiger partial charge is 0.226 e. The molecular weight excluding hydrogens is 222 g/mol. The molecule has 0 aliphatic carbocycles. The summed E-state index contributed by atoms with van der Waals surface area (Å²) in [4.78, 5) is 11.4. The van der Waals surface area contributed by atoms with Gasteiger partial charge in [-0.3, -0.25) is 0 Å². The van der Waals surface area contributed by atoms with Crippen LogP contribution in [-0.2, 0) is 6.54 Å². The van der Waals surface area contributed by atoms with Gasteiger partial charge in [0.2, 0.25) is 5.95 Å². The summed E-state index contributed by atoms with van der Waals surface area (Å²) in [6.07, 6.45) is 0. The van der Waals surface area contributed by atoms with Gasteiger partial charge in [0.05, 0.1) is 6.04 Å². The van der Waals surface area contributed by atoms with Gasteiger partial charge in [-0.05, 0) is 38.0 Å². The summed E-state index contributed by atoms with van der Waals surface area (Å²) < 4.78 is 0. The quantitative estimate of drug-likeness (QED) is 0.765. The van der Waals surface area contributed by atoms with Crippen LogP contribution < -0.4 is 4.90 Å². The highest BCUT2D eigenvalue weighted by Crippen LogP contribution is 2.35. The Kier molecular flexibility index (Phi) is 2.54. The summed E-state index contributed by atoms with van der Waals surface area (Å²) in [6.45, 7) is 7.16. The molecule has 0 unspecified atom stereocenters. The van der Waals surface area contributed by atoms with E-state index in [1.165, 1.54) is 11.1 Å². The van der Waals surface area contributed by atoms with E-state index in [1.54, 1.807) is 0 Å². The van der Waals surface area contributed by atoms with Crippen LogP contribution in [0.25, 0.3) is 0 Å². The van der Waals surface area contributed by atoms with Gasteiger partial charge in [0.25, 0.3) is 0 Å². The number of nitrogens with zero attached hydrogens (tertiary/aromatic N) is 3. The fourth-order valence-electron chi connectivity index (χ4n) is 2.65. The van der Waals surface area contributed by atoms with Crippen LogP contribution >= 0.6 is 0 Å². The Balaban J connectivity index is 2.01. The van der Waals surface area contributed by atoms with Crippen LogP contribution in [0.15, 0.2) is 30.3 Å². The van der Waals surface area contributed by atoms with Crippen molar-refractivity contribution in [3.05, 3.63) is 52.8 Å². The zero-order valence-corrected chi connectivity index (χ0v) is 11.0. The highest BCUT2D eigenvalue weighted by atomic mass is 15.3. The Morgan fingerprint density at radius 1 is 1.11 bits per heavy atom. The van der Waals surface area contributed by atoms with E-state index in [0.29, 0.717) is 6.04 Å². The second-order valence-corrected chi connectivity index (χ2v) is 4.95. The third-order valence-corrected chi connectivity index (χ3v) is 3.54. The van der Waals surface area contributed by atoms with E-state index in [9.17, 15) is 0 Å². The lowest BCUT2D eigenvalue weighted by Crippen LogP contribution is -2.22. The van der Waals surface area contributed by atoms with Crippen LogP contribution in [-0.4, -0.2) is 9.97 Å². The van der Waals surface area contributed by atoms with Crippen LogP contribution in [0.4, 0.5) is 5.95 Å². The third-order valence-electron chi connectivity index (χ3n) is 3.54. The van der Waals surface area contributed by atoms with Gasteiger partial charge in [0, 0.05) is 17.9 Å². The maximum atomic E-state index is 4.56. The molecule has 0 N–H and O–H groups in total. The zero-order chi connectivity index (χ0) is 12.7. The number of fused-ring (bicyclic) bond motifs is 1. The van der Waals surface area contributed by atoms with Gasteiger partial charge in [0.15, 0.2) is 0 Å². The molecule has 3 rings (SSSR count). The first-order valence-electron chi connectivity index (χ1n) is 6.32. The Morgan fingerprint density at radius 2 is 1.78 bits per heavy atom. The van der Waals surface area contributed by atoms with Crippen LogP contribution in [0, 0.1) is 13.8 Å². The Morgan fingerprint density at radius 3 is 2.44 bits per heavy atom. The molecule has 1 aromatic heterocycles. The summed E-state index contributed by atoms with van der Waals surface area (Å²) in [6, 6.07) is 10.9. The minimum Gasteiger partial charge on any atom is -0.330 e. The van der Waals surface area contributed by atoms with Gasteiger partial charge >= 0.3 is 0 Å². The monoisotopic (exact) mass is 239 g/mol. The van der Waals surface area contributed by atoms with Crippen molar-refractivity contribution in [2.75, 3.05) is 4.90 Å². The van der Waals surface area contributed by atoms with Gasteiger partial charge in [-0.1, -0.05) is 24.3 Å². The fraction of sp³-hybridized carbons (Fsp3) is 0.333. The summed E-state index contributed by atoms with van der Waals surface area (Å²) in [5, 5.41) is 0. The average molecular weight is 239 g/mol. The van der Waals surface area contributed by atoms with Crippen LogP contribution in [0.3, 0.4) is 0 Å². The third kappa shape index (κ3) is 1.76. The van der Waals surface area contributed by atoms with Crippen LogP contribution in [0.1, 0.15) is 35.5 Å². The lowest BCUT2D eigenvalue weighted by atomic mass is 10.1. The molecule has 0 spiro atoms. The van der Waals surface area contributed by atoms with Crippen LogP contribution in [0.2, 0.25) is 0 Å². The highest BCUT2D eigenvalue weighted by Gasteiger charge is 2.28. The SMILES string of the molecule is Cc1cc(C)nc(N2Cc3ccccc3[C@H]2C)n1. The summed E-state index contributed by atoms with van der Waals surface area (Å²) in [5.74, 6) is 0.844.